The molecule has 0 radical (unpaired) electrons. The van der Waals surface area contributed by atoms with Crippen molar-refractivity contribution in [2.45, 2.75) is 46.0 Å². The number of carboxylic acids is 1. The van der Waals surface area contributed by atoms with Gasteiger partial charge in [0.1, 0.15) is 0 Å². The molecule has 0 saturated heterocycles. The van der Waals surface area contributed by atoms with E-state index in [0.717, 1.165) is 18.4 Å². The summed E-state index contributed by atoms with van der Waals surface area (Å²) >= 11 is 0. The van der Waals surface area contributed by atoms with Gasteiger partial charge in [0.25, 0.3) is 0 Å². The van der Waals surface area contributed by atoms with Gasteiger partial charge < -0.3 is 5.11 Å². The van der Waals surface area contributed by atoms with Gasteiger partial charge in [-0.2, -0.15) is 0 Å². The summed E-state index contributed by atoms with van der Waals surface area (Å²) in [5.41, 5.74) is 4.04. The van der Waals surface area contributed by atoms with Crippen LogP contribution in [0, 0.1) is 5.41 Å². The van der Waals surface area contributed by atoms with Crippen LogP contribution >= 0.6 is 0 Å². The first-order valence-electron chi connectivity index (χ1n) is 6.30. The van der Waals surface area contributed by atoms with Gasteiger partial charge in [-0.15, -0.1) is 0 Å². The SMILES string of the molecule is CCC1(C)Cc2ccc(C(C)C(=O)O)cc2C1. The quantitative estimate of drug-likeness (QED) is 0.867. The minimum absolute atomic E-state index is 0.368. The van der Waals surface area contributed by atoms with Gasteiger partial charge in [0.15, 0.2) is 0 Å². The molecule has 1 aliphatic rings. The highest BCUT2D eigenvalue weighted by molar-refractivity contribution is 5.75. The number of rotatable bonds is 3. The van der Waals surface area contributed by atoms with Crippen molar-refractivity contribution >= 4 is 5.97 Å². The normalized spacial score (nSPS) is 24.4. The molecule has 2 atom stereocenters. The van der Waals surface area contributed by atoms with Crippen molar-refractivity contribution in [2.24, 2.45) is 5.41 Å². The standard InChI is InChI=1S/C15H20O2/c1-4-15(3)8-12-6-5-11(7-13(12)9-15)10(2)14(16)17/h5-7,10H,4,8-9H2,1-3H3,(H,16,17). The Bertz CT molecular complexity index is 450. The topological polar surface area (TPSA) is 37.3 Å². The summed E-state index contributed by atoms with van der Waals surface area (Å²) in [7, 11) is 0. The molecule has 2 unspecified atom stereocenters. The monoisotopic (exact) mass is 232 g/mol. The fraction of sp³-hybridized carbons (Fsp3) is 0.533. The first-order valence-corrected chi connectivity index (χ1v) is 6.30. The fourth-order valence-electron chi connectivity index (χ4n) is 2.63. The van der Waals surface area contributed by atoms with E-state index in [-0.39, 0.29) is 0 Å². The van der Waals surface area contributed by atoms with Crippen molar-refractivity contribution in [2.75, 3.05) is 0 Å². The van der Waals surface area contributed by atoms with Crippen LogP contribution in [-0.4, -0.2) is 11.1 Å². The Kier molecular flexibility index (Phi) is 2.98. The van der Waals surface area contributed by atoms with E-state index in [0.29, 0.717) is 5.41 Å². The Balaban J connectivity index is 2.30. The van der Waals surface area contributed by atoms with Crippen molar-refractivity contribution in [3.05, 3.63) is 34.9 Å². The van der Waals surface area contributed by atoms with Crippen LogP contribution in [0.4, 0.5) is 0 Å². The highest BCUT2D eigenvalue weighted by Crippen LogP contribution is 2.40. The van der Waals surface area contributed by atoms with E-state index < -0.39 is 11.9 Å². The molecule has 0 aliphatic heterocycles. The molecule has 1 aromatic rings. The van der Waals surface area contributed by atoms with Gasteiger partial charge in [-0.3, -0.25) is 4.79 Å². The van der Waals surface area contributed by atoms with Gasteiger partial charge in [0.05, 0.1) is 5.92 Å². The van der Waals surface area contributed by atoms with E-state index in [2.05, 4.69) is 26.0 Å². The van der Waals surface area contributed by atoms with E-state index in [1.54, 1.807) is 6.92 Å². The second-order valence-electron chi connectivity index (χ2n) is 5.61. The van der Waals surface area contributed by atoms with E-state index in [1.807, 2.05) is 6.07 Å². The zero-order valence-corrected chi connectivity index (χ0v) is 10.8. The van der Waals surface area contributed by atoms with Crippen LogP contribution in [0.2, 0.25) is 0 Å². The maximum atomic E-state index is 11.0. The molecule has 92 valence electrons. The number of benzene rings is 1. The maximum absolute atomic E-state index is 11.0. The summed E-state index contributed by atoms with van der Waals surface area (Å²) in [5.74, 6) is -1.16. The molecule has 0 spiro atoms. The summed E-state index contributed by atoms with van der Waals surface area (Å²) in [6, 6.07) is 6.18. The minimum atomic E-state index is -0.749. The third-order valence-electron chi connectivity index (χ3n) is 4.19. The molecule has 0 aromatic heterocycles. The Labute approximate surface area is 103 Å². The molecular formula is C15H20O2. The molecule has 0 amide bonds. The second kappa shape index (κ2) is 4.17. The largest absolute Gasteiger partial charge is 0.481 e. The van der Waals surface area contributed by atoms with E-state index in [9.17, 15) is 4.79 Å². The number of aliphatic carboxylic acids is 1. The average Bonchev–Trinajstić information content (AvgIpc) is 2.64. The van der Waals surface area contributed by atoms with Crippen LogP contribution in [0.3, 0.4) is 0 Å². The molecular weight excluding hydrogens is 212 g/mol. The molecule has 1 aliphatic carbocycles. The van der Waals surface area contributed by atoms with Gasteiger partial charge in [-0.25, -0.2) is 0 Å². The maximum Gasteiger partial charge on any atom is 0.310 e. The van der Waals surface area contributed by atoms with Crippen molar-refractivity contribution in [3.63, 3.8) is 0 Å². The smallest absolute Gasteiger partial charge is 0.310 e. The van der Waals surface area contributed by atoms with Crippen LogP contribution in [0.25, 0.3) is 0 Å². The molecule has 0 saturated carbocycles. The molecule has 2 rings (SSSR count). The molecule has 2 heteroatoms. The molecule has 1 N–H and O–H groups in total. The molecule has 0 bridgehead atoms. The summed E-state index contributed by atoms with van der Waals surface area (Å²) in [6.07, 6.45) is 3.38. The number of carboxylic acid groups (broad SMARTS) is 1. The number of hydrogen-bond acceptors (Lipinski definition) is 1. The number of hydrogen-bond donors (Lipinski definition) is 1. The zero-order chi connectivity index (χ0) is 12.6. The van der Waals surface area contributed by atoms with Crippen LogP contribution in [-0.2, 0) is 17.6 Å². The summed E-state index contributed by atoms with van der Waals surface area (Å²) in [4.78, 5) is 11.0. The lowest BCUT2D eigenvalue weighted by molar-refractivity contribution is -0.138. The van der Waals surface area contributed by atoms with Crippen LogP contribution in [0.5, 0.6) is 0 Å². The molecule has 1 aromatic carbocycles. The highest BCUT2D eigenvalue weighted by atomic mass is 16.4. The lowest BCUT2D eigenvalue weighted by Crippen LogP contribution is -2.14. The predicted molar refractivity (Wildman–Crippen MR) is 68.3 cm³/mol. The highest BCUT2D eigenvalue weighted by Gasteiger charge is 2.31. The van der Waals surface area contributed by atoms with Gasteiger partial charge in [-0.05, 0) is 41.9 Å². The molecule has 0 fully saturated rings. The third-order valence-corrected chi connectivity index (χ3v) is 4.19. The van der Waals surface area contributed by atoms with Crippen LogP contribution in [0.15, 0.2) is 18.2 Å². The Morgan fingerprint density at radius 1 is 1.41 bits per heavy atom. The van der Waals surface area contributed by atoms with Crippen LogP contribution in [0.1, 0.15) is 49.8 Å². The summed E-state index contributed by atoms with van der Waals surface area (Å²) in [6.45, 7) is 6.29. The summed E-state index contributed by atoms with van der Waals surface area (Å²) < 4.78 is 0. The molecule has 0 heterocycles. The Hall–Kier alpha value is -1.31. The average molecular weight is 232 g/mol. The first kappa shape index (κ1) is 12.2. The third kappa shape index (κ3) is 2.21. The lowest BCUT2D eigenvalue weighted by Gasteiger charge is -2.20. The van der Waals surface area contributed by atoms with E-state index in [4.69, 9.17) is 5.11 Å². The van der Waals surface area contributed by atoms with Crippen molar-refractivity contribution in [1.29, 1.82) is 0 Å². The molecule has 2 nitrogen and oxygen atoms in total. The zero-order valence-electron chi connectivity index (χ0n) is 10.8. The van der Waals surface area contributed by atoms with Crippen molar-refractivity contribution < 1.29 is 9.90 Å². The van der Waals surface area contributed by atoms with Gasteiger partial charge in [0.2, 0.25) is 0 Å². The Morgan fingerprint density at radius 2 is 2.06 bits per heavy atom. The first-order chi connectivity index (χ1) is 7.95. The van der Waals surface area contributed by atoms with Gasteiger partial charge in [0, 0.05) is 0 Å². The predicted octanol–water partition coefficient (Wildman–Crippen LogP) is 3.39. The minimum Gasteiger partial charge on any atom is -0.481 e. The summed E-state index contributed by atoms with van der Waals surface area (Å²) in [5, 5.41) is 9.03. The number of carbonyl (C=O) groups is 1. The van der Waals surface area contributed by atoms with E-state index >= 15 is 0 Å². The van der Waals surface area contributed by atoms with Gasteiger partial charge in [-0.1, -0.05) is 38.5 Å². The van der Waals surface area contributed by atoms with Crippen molar-refractivity contribution in [3.8, 4) is 0 Å². The van der Waals surface area contributed by atoms with Crippen LogP contribution < -0.4 is 0 Å². The lowest BCUT2D eigenvalue weighted by atomic mass is 9.85. The fourth-order valence-corrected chi connectivity index (χ4v) is 2.63. The Morgan fingerprint density at radius 3 is 2.65 bits per heavy atom. The number of fused-ring (bicyclic) bond motifs is 1. The second-order valence-corrected chi connectivity index (χ2v) is 5.61. The van der Waals surface area contributed by atoms with Gasteiger partial charge >= 0.3 is 5.97 Å². The van der Waals surface area contributed by atoms with Crippen molar-refractivity contribution in [1.82, 2.24) is 0 Å². The molecule has 17 heavy (non-hydrogen) atoms. The van der Waals surface area contributed by atoms with E-state index in [1.165, 1.54) is 17.5 Å².